The molecule has 2 unspecified atom stereocenters. The van der Waals surface area contributed by atoms with Gasteiger partial charge in [-0.1, -0.05) is 11.6 Å². The molecule has 0 aromatic carbocycles. The van der Waals surface area contributed by atoms with Gasteiger partial charge in [-0.15, -0.1) is 11.6 Å². The number of rotatable bonds is 4. The molecule has 0 saturated heterocycles. The standard InChI is InChI=1S/C14H15Cl2N5/c1-9(8-20-5-3-4-18-20)21-13(10(2)15)19-12-6-11(16)7-17-14(12)21/h3-7,9-10H,8H2,1-2H3. The molecule has 3 rings (SSSR count). The maximum Gasteiger partial charge on any atom is 0.160 e. The van der Waals surface area contributed by atoms with Crippen LogP contribution in [0.15, 0.2) is 30.7 Å². The molecule has 0 aliphatic heterocycles. The molecule has 2 atom stereocenters. The lowest BCUT2D eigenvalue weighted by Crippen LogP contribution is -2.16. The Bertz CT molecular complexity index is 748. The summed E-state index contributed by atoms with van der Waals surface area (Å²) in [6, 6.07) is 3.84. The van der Waals surface area contributed by atoms with Crippen LogP contribution in [0, 0.1) is 0 Å². The second-order valence-corrected chi connectivity index (χ2v) is 6.12. The highest BCUT2D eigenvalue weighted by molar-refractivity contribution is 6.31. The quantitative estimate of drug-likeness (QED) is 0.685. The normalized spacial score (nSPS) is 14.5. The van der Waals surface area contributed by atoms with E-state index in [1.54, 1.807) is 12.4 Å². The van der Waals surface area contributed by atoms with Crippen molar-refractivity contribution in [2.75, 3.05) is 0 Å². The number of halogens is 2. The first-order valence-electron chi connectivity index (χ1n) is 6.71. The van der Waals surface area contributed by atoms with Crippen LogP contribution in [0.3, 0.4) is 0 Å². The van der Waals surface area contributed by atoms with Gasteiger partial charge in [0.15, 0.2) is 5.65 Å². The zero-order valence-corrected chi connectivity index (χ0v) is 13.3. The molecule has 7 heteroatoms. The Morgan fingerprint density at radius 3 is 2.81 bits per heavy atom. The van der Waals surface area contributed by atoms with E-state index in [0.717, 1.165) is 23.5 Å². The van der Waals surface area contributed by atoms with E-state index in [0.29, 0.717) is 5.02 Å². The molecule has 110 valence electrons. The molecule has 3 heterocycles. The molecule has 0 amide bonds. The maximum atomic E-state index is 6.28. The zero-order valence-electron chi connectivity index (χ0n) is 11.7. The summed E-state index contributed by atoms with van der Waals surface area (Å²) in [5.74, 6) is 0.793. The van der Waals surface area contributed by atoms with E-state index in [-0.39, 0.29) is 11.4 Å². The van der Waals surface area contributed by atoms with Gasteiger partial charge in [-0.05, 0) is 26.0 Å². The van der Waals surface area contributed by atoms with Crippen LogP contribution in [0.2, 0.25) is 5.02 Å². The number of pyridine rings is 1. The van der Waals surface area contributed by atoms with Crippen LogP contribution < -0.4 is 0 Å². The zero-order chi connectivity index (χ0) is 15.0. The van der Waals surface area contributed by atoms with Gasteiger partial charge in [0.05, 0.1) is 23.0 Å². The molecule has 3 aromatic heterocycles. The van der Waals surface area contributed by atoms with Crippen molar-refractivity contribution in [2.24, 2.45) is 0 Å². The molecule has 0 radical (unpaired) electrons. The molecule has 0 aliphatic carbocycles. The smallest absolute Gasteiger partial charge is 0.160 e. The van der Waals surface area contributed by atoms with E-state index in [4.69, 9.17) is 23.2 Å². The SMILES string of the molecule is CC(Cl)c1nc2cc(Cl)cnc2n1C(C)Cn1cccn1. The molecular weight excluding hydrogens is 309 g/mol. The third-order valence-electron chi connectivity index (χ3n) is 3.33. The summed E-state index contributed by atoms with van der Waals surface area (Å²) < 4.78 is 3.94. The molecule has 5 nitrogen and oxygen atoms in total. The second-order valence-electron chi connectivity index (χ2n) is 5.03. The van der Waals surface area contributed by atoms with Crippen LogP contribution >= 0.6 is 23.2 Å². The van der Waals surface area contributed by atoms with Crippen LogP contribution in [0.1, 0.15) is 31.1 Å². The van der Waals surface area contributed by atoms with Gasteiger partial charge in [0.25, 0.3) is 0 Å². The Kier molecular flexibility index (Phi) is 3.87. The monoisotopic (exact) mass is 323 g/mol. The average molecular weight is 324 g/mol. The highest BCUT2D eigenvalue weighted by Gasteiger charge is 2.20. The van der Waals surface area contributed by atoms with Crippen molar-refractivity contribution in [3.8, 4) is 0 Å². The highest BCUT2D eigenvalue weighted by Crippen LogP contribution is 2.28. The van der Waals surface area contributed by atoms with Crippen molar-refractivity contribution in [3.05, 3.63) is 41.6 Å². The van der Waals surface area contributed by atoms with Crippen molar-refractivity contribution in [2.45, 2.75) is 31.8 Å². The summed E-state index contributed by atoms with van der Waals surface area (Å²) >= 11 is 12.3. The molecule has 3 aromatic rings. The van der Waals surface area contributed by atoms with Gasteiger partial charge in [-0.3, -0.25) is 4.68 Å². The Morgan fingerprint density at radius 2 is 2.14 bits per heavy atom. The molecule has 0 spiro atoms. The Balaban J connectivity index is 2.08. The van der Waals surface area contributed by atoms with Crippen molar-refractivity contribution in [1.29, 1.82) is 0 Å². The van der Waals surface area contributed by atoms with Crippen LogP contribution in [-0.4, -0.2) is 24.3 Å². The molecule has 0 saturated carbocycles. The first-order chi connectivity index (χ1) is 10.1. The molecule has 0 N–H and O–H groups in total. The Hall–Kier alpha value is -1.59. The lowest BCUT2D eigenvalue weighted by molar-refractivity contribution is 0.432. The van der Waals surface area contributed by atoms with E-state index in [1.165, 1.54) is 0 Å². The predicted molar refractivity (Wildman–Crippen MR) is 83.7 cm³/mol. The van der Waals surface area contributed by atoms with Crippen molar-refractivity contribution >= 4 is 34.4 Å². The highest BCUT2D eigenvalue weighted by atomic mass is 35.5. The molecule has 0 fully saturated rings. The summed E-state index contributed by atoms with van der Waals surface area (Å²) in [5.41, 5.74) is 1.55. The van der Waals surface area contributed by atoms with Crippen LogP contribution in [-0.2, 0) is 6.54 Å². The number of nitrogens with zero attached hydrogens (tertiary/aromatic N) is 5. The molecule has 0 bridgehead atoms. The van der Waals surface area contributed by atoms with Crippen LogP contribution in [0.4, 0.5) is 0 Å². The first-order valence-corrected chi connectivity index (χ1v) is 7.52. The minimum absolute atomic E-state index is 0.125. The first kappa shape index (κ1) is 14.4. The van der Waals surface area contributed by atoms with Gasteiger partial charge in [-0.25, -0.2) is 9.97 Å². The van der Waals surface area contributed by atoms with Crippen molar-refractivity contribution in [1.82, 2.24) is 24.3 Å². The van der Waals surface area contributed by atoms with Gasteiger partial charge in [0, 0.05) is 18.6 Å². The third kappa shape index (κ3) is 2.76. The summed E-state index contributed by atoms with van der Waals surface area (Å²) in [4.78, 5) is 8.99. The van der Waals surface area contributed by atoms with E-state index < -0.39 is 0 Å². The number of hydrogen-bond acceptors (Lipinski definition) is 3. The minimum atomic E-state index is -0.210. The average Bonchev–Trinajstić information content (AvgIpc) is 3.04. The summed E-state index contributed by atoms with van der Waals surface area (Å²) in [7, 11) is 0. The lowest BCUT2D eigenvalue weighted by Gasteiger charge is -2.18. The molecular formula is C14H15Cl2N5. The fourth-order valence-corrected chi connectivity index (χ4v) is 2.76. The largest absolute Gasteiger partial charge is 0.307 e. The van der Waals surface area contributed by atoms with Crippen LogP contribution in [0.5, 0.6) is 0 Å². The molecule has 21 heavy (non-hydrogen) atoms. The summed E-state index contributed by atoms with van der Waals surface area (Å²) in [6.07, 6.45) is 5.33. The Morgan fingerprint density at radius 1 is 1.33 bits per heavy atom. The van der Waals surface area contributed by atoms with Gasteiger partial charge >= 0.3 is 0 Å². The van der Waals surface area contributed by atoms with E-state index in [1.807, 2.05) is 29.9 Å². The number of alkyl halides is 1. The third-order valence-corrected chi connectivity index (χ3v) is 3.73. The number of fused-ring (bicyclic) bond motifs is 1. The van der Waals surface area contributed by atoms with Gasteiger partial charge in [0.2, 0.25) is 0 Å². The summed E-state index contributed by atoms with van der Waals surface area (Å²) in [5, 5.41) is 4.60. The minimum Gasteiger partial charge on any atom is -0.307 e. The summed E-state index contributed by atoms with van der Waals surface area (Å²) in [6.45, 7) is 4.72. The van der Waals surface area contributed by atoms with E-state index in [9.17, 15) is 0 Å². The van der Waals surface area contributed by atoms with Crippen molar-refractivity contribution < 1.29 is 0 Å². The number of aromatic nitrogens is 5. The van der Waals surface area contributed by atoms with Gasteiger partial charge in [-0.2, -0.15) is 5.10 Å². The fourth-order valence-electron chi connectivity index (χ4n) is 2.45. The van der Waals surface area contributed by atoms with Gasteiger partial charge in [0.1, 0.15) is 11.3 Å². The van der Waals surface area contributed by atoms with E-state index in [2.05, 4.69) is 26.6 Å². The fraction of sp³-hybridized carbons (Fsp3) is 0.357. The van der Waals surface area contributed by atoms with Crippen LogP contribution in [0.25, 0.3) is 11.2 Å². The van der Waals surface area contributed by atoms with E-state index >= 15 is 0 Å². The second kappa shape index (κ2) is 5.66. The number of imidazole rings is 1. The Labute approximate surface area is 132 Å². The lowest BCUT2D eigenvalue weighted by atomic mass is 10.3. The van der Waals surface area contributed by atoms with Crippen molar-refractivity contribution in [3.63, 3.8) is 0 Å². The topological polar surface area (TPSA) is 48.5 Å². The number of hydrogen-bond donors (Lipinski definition) is 0. The maximum absolute atomic E-state index is 6.28. The van der Waals surface area contributed by atoms with Gasteiger partial charge < -0.3 is 4.57 Å². The predicted octanol–water partition coefficient (Wildman–Crippen LogP) is 3.84. The molecule has 0 aliphatic rings.